The molecular formula is C14H27NO5S. The Balaban J connectivity index is 2.30. The Labute approximate surface area is 127 Å². The summed E-state index contributed by atoms with van der Waals surface area (Å²) in [6.45, 7) is 11.0. The van der Waals surface area contributed by atoms with E-state index in [0.717, 1.165) is 0 Å². The van der Waals surface area contributed by atoms with Gasteiger partial charge < -0.3 is 10.1 Å². The molecule has 0 heterocycles. The highest BCUT2D eigenvalue weighted by atomic mass is 32.2. The zero-order chi connectivity index (χ0) is 16.5. The van der Waals surface area contributed by atoms with Crippen molar-refractivity contribution >= 4 is 16.2 Å². The standard InChI is InChI=1S/C14H27NO5S/c1-13(2,3)9-21(17,18)19-8-10-7-11(10)15-12(16)20-14(4,5)6/h10-11H,7-9H2,1-6H3,(H,15,16)/t10-,11+/m1/s1. The fraction of sp³-hybridized carbons (Fsp3) is 0.929. The van der Waals surface area contributed by atoms with Crippen LogP contribution in [0.25, 0.3) is 0 Å². The molecule has 7 heteroatoms. The Morgan fingerprint density at radius 2 is 1.76 bits per heavy atom. The van der Waals surface area contributed by atoms with Crippen molar-refractivity contribution < 1.29 is 22.1 Å². The molecule has 1 saturated carbocycles. The van der Waals surface area contributed by atoms with Crippen LogP contribution in [0.1, 0.15) is 48.0 Å². The minimum atomic E-state index is -3.52. The lowest BCUT2D eigenvalue weighted by Gasteiger charge is -2.19. The summed E-state index contributed by atoms with van der Waals surface area (Å²) in [5, 5.41) is 2.71. The van der Waals surface area contributed by atoms with E-state index >= 15 is 0 Å². The van der Waals surface area contributed by atoms with Gasteiger partial charge in [0, 0.05) is 12.0 Å². The second-order valence-corrected chi connectivity index (χ2v) is 9.44. The number of carbonyl (C=O) groups excluding carboxylic acids is 1. The molecule has 1 fully saturated rings. The first kappa shape index (κ1) is 18.2. The molecule has 1 aliphatic carbocycles. The zero-order valence-corrected chi connectivity index (χ0v) is 14.5. The summed E-state index contributed by atoms with van der Waals surface area (Å²) in [5.74, 6) is 0.0175. The molecular weight excluding hydrogens is 294 g/mol. The lowest BCUT2D eigenvalue weighted by atomic mass is 10.0. The number of hydrogen-bond acceptors (Lipinski definition) is 5. The third-order valence-corrected chi connectivity index (χ3v) is 4.41. The van der Waals surface area contributed by atoms with E-state index < -0.39 is 21.8 Å². The minimum Gasteiger partial charge on any atom is -0.444 e. The van der Waals surface area contributed by atoms with Crippen molar-refractivity contribution in [3.05, 3.63) is 0 Å². The maximum Gasteiger partial charge on any atom is 0.407 e. The number of alkyl carbamates (subject to hydrolysis) is 1. The molecule has 21 heavy (non-hydrogen) atoms. The monoisotopic (exact) mass is 321 g/mol. The average molecular weight is 321 g/mol. The minimum absolute atomic E-state index is 0.0170. The molecule has 0 spiro atoms. The molecule has 0 saturated heterocycles. The van der Waals surface area contributed by atoms with Gasteiger partial charge in [0.05, 0.1) is 12.4 Å². The van der Waals surface area contributed by atoms with Gasteiger partial charge in [-0.1, -0.05) is 20.8 Å². The second-order valence-electron chi connectivity index (χ2n) is 7.80. The number of nitrogens with one attached hydrogen (secondary N) is 1. The molecule has 0 bridgehead atoms. The third kappa shape index (κ3) is 8.26. The van der Waals surface area contributed by atoms with Gasteiger partial charge in [0.1, 0.15) is 5.60 Å². The zero-order valence-electron chi connectivity index (χ0n) is 13.7. The summed E-state index contributed by atoms with van der Waals surface area (Å²) in [7, 11) is -3.52. The van der Waals surface area contributed by atoms with Crippen molar-refractivity contribution in [1.82, 2.24) is 5.32 Å². The SMILES string of the molecule is CC(C)(C)CS(=O)(=O)OC[C@H]1C[C@@H]1NC(=O)OC(C)(C)C. The largest absolute Gasteiger partial charge is 0.444 e. The molecule has 124 valence electrons. The van der Waals surface area contributed by atoms with Gasteiger partial charge in [0.2, 0.25) is 0 Å². The summed E-state index contributed by atoms with van der Waals surface area (Å²) in [6, 6.07) is -0.0651. The summed E-state index contributed by atoms with van der Waals surface area (Å²) in [6.07, 6.45) is 0.233. The van der Waals surface area contributed by atoms with Crippen LogP contribution in [0.3, 0.4) is 0 Å². The van der Waals surface area contributed by atoms with E-state index in [1.165, 1.54) is 0 Å². The molecule has 0 aliphatic heterocycles. The smallest absolute Gasteiger partial charge is 0.407 e. The van der Waals surface area contributed by atoms with Crippen LogP contribution < -0.4 is 5.32 Å². The Bertz CT molecular complexity index is 473. The summed E-state index contributed by atoms with van der Waals surface area (Å²) in [5.41, 5.74) is -0.877. The highest BCUT2D eigenvalue weighted by molar-refractivity contribution is 7.86. The van der Waals surface area contributed by atoms with Gasteiger partial charge in [-0.2, -0.15) is 8.42 Å². The van der Waals surface area contributed by atoms with Crippen molar-refractivity contribution in [2.45, 2.75) is 59.6 Å². The quantitative estimate of drug-likeness (QED) is 0.786. The Morgan fingerprint density at radius 1 is 1.19 bits per heavy atom. The van der Waals surface area contributed by atoms with E-state index in [2.05, 4.69) is 5.32 Å². The van der Waals surface area contributed by atoms with Crippen LogP contribution in [0.15, 0.2) is 0 Å². The van der Waals surface area contributed by atoms with Crippen LogP contribution in [0.2, 0.25) is 0 Å². The highest BCUT2D eigenvalue weighted by Gasteiger charge is 2.40. The van der Waals surface area contributed by atoms with E-state index in [1.807, 2.05) is 20.8 Å². The van der Waals surface area contributed by atoms with E-state index in [0.29, 0.717) is 6.42 Å². The Morgan fingerprint density at radius 3 is 2.24 bits per heavy atom. The predicted molar refractivity (Wildman–Crippen MR) is 80.5 cm³/mol. The normalized spacial score (nSPS) is 22.8. The molecule has 1 rings (SSSR count). The van der Waals surface area contributed by atoms with Crippen LogP contribution in [-0.4, -0.2) is 38.5 Å². The van der Waals surface area contributed by atoms with Crippen LogP contribution in [0.4, 0.5) is 4.79 Å². The van der Waals surface area contributed by atoms with Crippen LogP contribution in [-0.2, 0) is 19.0 Å². The Hall–Kier alpha value is -0.820. The van der Waals surface area contributed by atoms with Crippen molar-refractivity contribution in [1.29, 1.82) is 0 Å². The van der Waals surface area contributed by atoms with Crippen molar-refractivity contribution in [3.63, 3.8) is 0 Å². The lowest BCUT2D eigenvalue weighted by molar-refractivity contribution is 0.0520. The van der Waals surface area contributed by atoms with Gasteiger partial charge in [-0.05, 0) is 32.6 Å². The molecule has 0 radical (unpaired) electrons. The van der Waals surface area contributed by atoms with Crippen LogP contribution in [0, 0.1) is 11.3 Å². The van der Waals surface area contributed by atoms with Gasteiger partial charge in [-0.3, -0.25) is 4.18 Å². The number of ether oxygens (including phenoxy) is 1. The summed E-state index contributed by atoms with van der Waals surface area (Å²) < 4.78 is 33.7. The van der Waals surface area contributed by atoms with Gasteiger partial charge in [-0.15, -0.1) is 0 Å². The van der Waals surface area contributed by atoms with Crippen LogP contribution >= 0.6 is 0 Å². The van der Waals surface area contributed by atoms with E-state index in [-0.39, 0.29) is 29.7 Å². The first-order valence-corrected chi connectivity index (χ1v) is 8.72. The van der Waals surface area contributed by atoms with Crippen LogP contribution in [0.5, 0.6) is 0 Å². The van der Waals surface area contributed by atoms with Crippen molar-refractivity contribution in [2.75, 3.05) is 12.4 Å². The lowest BCUT2D eigenvalue weighted by Crippen LogP contribution is -2.34. The number of carbonyl (C=O) groups is 1. The maximum absolute atomic E-state index is 11.8. The summed E-state index contributed by atoms with van der Waals surface area (Å²) >= 11 is 0. The van der Waals surface area contributed by atoms with E-state index in [4.69, 9.17) is 8.92 Å². The molecule has 0 aromatic heterocycles. The molecule has 0 unspecified atom stereocenters. The predicted octanol–water partition coefficient (Wildman–Crippen LogP) is 2.29. The molecule has 1 aliphatic rings. The molecule has 6 nitrogen and oxygen atoms in total. The number of amides is 1. The molecule has 2 atom stereocenters. The summed E-state index contributed by atoms with van der Waals surface area (Å²) in [4.78, 5) is 11.6. The highest BCUT2D eigenvalue weighted by Crippen LogP contribution is 2.31. The fourth-order valence-corrected chi connectivity index (χ4v) is 3.36. The first-order valence-electron chi connectivity index (χ1n) is 7.14. The van der Waals surface area contributed by atoms with Crippen molar-refractivity contribution in [3.8, 4) is 0 Å². The van der Waals surface area contributed by atoms with Gasteiger partial charge >= 0.3 is 6.09 Å². The molecule has 1 amide bonds. The van der Waals surface area contributed by atoms with Gasteiger partial charge in [0.15, 0.2) is 0 Å². The second kappa shape index (κ2) is 6.12. The van der Waals surface area contributed by atoms with Gasteiger partial charge in [0.25, 0.3) is 10.1 Å². The van der Waals surface area contributed by atoms with E-state index in [9.17, 15) is 13.2 Å². The molecule has 0 aromatic carbocycles. The topological polar surface area (TPSA) is 81.7 Å². The average Bonchev–Trinajstić information content (AvgIpc) is 2.86. The molecule has 0 aromatic rings. The van der Waals surface area contributed by atoms with Crippen molar-refractivity contribution in [2.24, 2.45) is 11.3 Å². The molecule has 1 N–H and O–H groups in total. The van der Waals surface area contributed by atoms with E-state index in [1.54, 1.807) is 20.8 Å². The fourth-order valence-electron chi connectivity index (χ4n) is 1.83. The van der Waals surface area contributed by atoms with Gasteiger partial charge in [-0.25, -0.2) is 4.79 Å². The number of rotatable bonds is 5. The first-order chi connectivity index (χ1) is 9.27. The Kier molecular flexibility index (Phi) is 5.31. The maximum atomic E-state index is 11.8. The number of hydrogen-bond donors (Lipinski definition) is 1. The third-order valence-electron chi connectivity index (χ3n) is 2.70.